The summed E-state index contributed by atoms with van der Waals surface area (Å²) in [6.45, 7) is 0.549. The van der Waals surface area contributed by atoms with Crippen molar-refractivity contribution in [2.24, 2.45) is 0 Å². The molecule has 0 unspecified atom stereocenters. The van der Waals surface area contributed by atoms with E-state index in [0.717, 1.165) is 28.4 Å². The minimum Gasteiger partial charge on any atom is -0.496 e. The third-order valence-electron chi connectivity index (χ3n) is 3.43. The molecule has 2 aromatic carbocycles. The molecular weight excluding hydrogens is 308 g/mol. The third-order valence-corrected chi connectivity index (χ3v) is 4.34. The van der Waals surface area contributed by atoms with Crippen LogP contribution in [0.3, 0.4) is 0 Å². The average Bonchev–Trinajstić information content (AvgIpc) is 3.05. The molecular formula is C18H18N2O2S. The molecule has 0 atom stereocenters. The molecule has 23 heavy (non-hydrogen) atoms. The first kappa shape index (κ1) is 15.4. The van der Waals surface area contributed by atoms with E-state index in [1.54, 1.807) is 18.4 Å². The molecule has 4 nitrogen and oxygen atoms in total. The van der Waals surface area contributed by atoms with E-state index in [-0.39, 0.29) is 0 Å². The number of ether oxygens (including phenoxy) is 2. The van der Waals surface area contributed by atoms with E-state index in [0.29, 0.717) is 18.0 Å². The fourth-order valence-electron chi connectivity index (χ4n) is 2.27. The van der Waals surface area contributed by atoms with Gasteiger partial charge < -0.3 is 15.2 Å². The van der Waals surface area contributed by atoms with Crippen molar-refractivity contribution in [3.05, 3.63) is 58.9 Å². The lowest BCUT2D eigenvalue weighted by molar-refractivity contribution is 0.323. The van der Waals surface area contributed by atoms with Gasteiger partial charge in [-0.25, -0.2) is 4.98 Å². The Morgan fingerprint density at radius 2 is 1.78 bits per heavy atom. The Hall–Kier alpha value is -2.53. The number of thiazole rings is 1. The van der Waals surface area contributed by atoms with Crippen LogP contribution in [0.15, 0.2) is 53.9 Å². The van der Waals surface area contributed by atoms with Crippen LogP contribution in [0.1, 0.15) is 5.01 Å². The van der Waals surface area contributed by atoms with Gasteiger partial charge >= 0.3 is 0 Å². The molecule has 1 aromatic heterocycles. The normalized spacial score (nSPS) is 10.5. The largest absolute Gasteiger partial charge is 0.496 e. The molecule has 0 aliphatic heterocycles. The second-order valence-electron chi connectivity index (χ2n) is 4.96. The number of aromatic nitrogens is 1. The molecule has 3 aromatic rings. The highest BCUT2D eigenvalue weighted by Gasteiger charge is 2.09. The summed E-state index contributed by atoms with van der Waals surface area (Å²) >= 11 is 1.62. The standard InChI is InChI=1S/C18H18N2O2S/c1-21-16-8-4-2-6-13(16)15-12-23-18(20-15)10-11-22-17-9-5-3-7-14(17)19/h2-9,12H,10-11,19H2,1H3. The maximum absolute atomic E-state index is 5.86. The lowest BCUT2D eigenvalue weighted by Gasteiger charge is -2.07. The molecule has 0 bridgehead atoms. The third kappa shape index (κ3) is 3.63. The zero-order chi connectivity index (χ0) is 16.1. The van der Waals surface area contributed by atoms with Crippen LogP contribution >= 0.6 is 11.3 Å². The van der Waals surface area contributed by atoms with E-state index < -0.39 is 0 Å². The number of rotatable bonds is 6. The van der Waals surface area contributed by atoms with Crippen LogP contribution in [-0.4, -0.2) is 18.7 Å². The van der Waals surface area contributed by atoms with Gasteiger partial charge in [-0.3, -0.25) is 0 Å². The second kappa shape index (κ2) is 7.15. The lowest BCUT2D eigenvalue weighted by Crippen LogP contribution is -2.03. The first-order valence-corrected chi connectivity index (χ1v) is 8.21. The number of anilines is 1. The summed E-state index contributed by atoms with van der Waals surface area (Å²) in [4.78, 5) is 4.67. The Morgan fingerprint density at radius 1 is 1.04 bits per heavy atom. The average molecular weight is 326 g/mol. The number of nitrogens with two attached hydrogens (primary N) is 1. The van der Waals surface area contributed by atoms with Crippen LogP contribution in [0.5, 0.6) is 11.5 Å². The Morgan fingerprint density at radius 3 is 2.57 bits per heavy atom. The minimum absolute atomic E-state index is 0.549. The van der Waals surface area contributed by atoms with Crippen molar-refractivity contribution < 1.29 is 9.47 Å². The number of nitrogen functional groups attached to an aromatic ring is 1. The van der Waals surface area contributed by atoms with Crippen LogP contribution in [0.25, 0.3) is 11.3 Å². The van der Waals surface area contributed by atoms with Crippen molar-refractivity contribution in [1.82, 2.24) is 4.98 Å². The molecule has 118 valence electrons. The number of benzene rings is 2. The van der Waals surface area contributed by atoms with Crippen molar-refractivity contribution in [1.29, 1.82) is 0 Å². The zero-order valence-corrected chi connectivity index (χ0v) is 13.7. The van der Waals surface area contributed by atoms with Crippen LogP contribution in [0.2, 0.25) is 0 Å². The summed E-state index contributed by atoms with van der Waals surface area (Å²) in [5.41, 5.74) is 8.45. The predicted molar refractivity (Wildman–Crippen MR) is 94.2 cm³/mol. The Labute approximate surface area is 139 Å². The number of hydrogen-bond acceptors (Lipinski definition) is 5. The summed E-state index contributed by atoms with van der Waals surface area (Å²) in [7, 11) is 1.67. The summed E-state index contributed by atoms with van der Waals surface area (Å²) in [6.07, 6.45) is 0.744. The minimum atomic E-state index is 0.549. The molecule has 0 spiro atoms. The van der Waals surface area contributed by atoms with Crippen molar-refractivity contribution in [2.45, 2.75) is 6.42 Å². The Kier molecular flexibility index (Phi) is 4.78. The second-order valence-corrected chi connectivity index (χ2v) is 5.91. The first-order valence-electron chi connectivity index (χ1n) is 7.33. The van der Waals surface area contributed by atoms with Gasteiger partial charge in [0.1, 0.15) is 11.5 Å². The maximum atomic E-state index is 5.86. The Balaban J connectivity index is 1.65. The summed E-state index contributed by atoms with van der Waals surface area (Å²) in [5, 5.41) is 3.07. The quantitative estimate of drug-likeness (QED) is 0.695. The van der Waals surface area contributed by atoms with E-state index in [1.807, 2.05) is 53.9 Å². The molecule has 0 saturated heterocycles. The molecule has 0 aliphatic carbocycles. The fraction of sp³-hybridized carbons (Fsp3) is 0.167. The highest BCUT2D eigenvalue weighted by Crippen LogP contribution is 2.30. The molecule has 3 rings (SSSR count). The van der Waals surface area contributed by atoms with Crippen molar-refractivity contribution >= 4 is 17.0 Å². The molecule has 0 radical (unpaired) electrons. The summed E-state index contributed by atoms with van der Waals surface area (Å²) in [6, 6.07) is 15.4. The Bertz CT molecular complexity index is 786. The summed E-state index contributed by atoms with van der Waals surface area (Å²) in [5.74, 6) is 1.55. The zero-order valence-electron chi connectivity index (χ0n) is 12.9. The molecule has 0 fully saturated rings. The van der Waals surface area contributed by atoms with Crippen LogP contribution in [0, 0.1) is 0 Å². The van der Waals surface area contributed by atoms with Crippen molar-refractivity contribution in [3.63, 3.8) is 0 Å². The van der Waals surface area contributed by atoms with Gasteiger partial charge in [0.2, 0.25) is 0 Å². The number of para-hydroxylation sites is 3. The fourth-order valence-corrected chi connectivity index (χ4v) is 3.05. The van der Waals surface area contributed by atoms with Gasteiger partial charge in [0, 0.05) is 17.4 Å². The maximum Gasteiger partial charge on any atom is 0.142 e. The van der Waals surface area contributed by atoms with Gasteiger partial charge in [-0.05, 0) is 24.3 Å². The van der Waals surface area contributed by atoms with E-state index >= 15 is 0 Å². The SMILES string of the molecule is COc1ccccc1-c1csc(CCOc2ccccc2N)n1. The van der Waals surface area contributed by atoms with E-state index in [2.05, 4.69) is 4.98 Å². The lowest BCUT2D eigenvalue weighted by atomic mass is 10.1. The smallest absolute Gasteiger partial charge is 0.142 e. The van der Waals surface area contributed by atoms with Gasteiger partial charge in [0.05, 0.1) is 30.1 Å². The van der Waals surface area contributed by atoms with Crippen LogP contribution in [0.4, 0.5) is 5.69 Å². The molecule has 0 aliphatic rings. The molecule has 0 saturated carbocycles. The first-order chi connectivity index (χ1) is 11.3. The summed E-state index contributed by atoms with van der Waals surface area (Å²) < 4.78 is 11.1. The van der Waals surface area contributed by atoms with Gasteiger partial charge in [-0.2, -0.15) is 0 Å². The predicted octanol–water partition coefficient (Wildman–Crippen LogP) is 4.02. The van der Waals surface area contributed by atoms with Gasteiger partial charge in [-0.1, -0.05) is 24.3 Å². The topological polar surface area (TPSA) is 57.4 Å². The molecule has 0 amide bonds. The van der Waals surface area contributed by atoms with Gasteiger partial charge in [0.15, 0.2) is 0 Å². The molecule has 2 N–H and O–H groups in total. The highest BCUT2D eigenvalue weighted by atomic mass is 32.1. The molecule has 1 heterocycles. The highest BCUT2D eigenvalue weighted by molar-refractivity contribution is 7.09. The van der Waals surface area contributed by atoms with E-state index in [9.17, 15) is 0 Å². The molecule has 5 heteroatoms. The number of methoxy groups -OCH3 is 1. The van der Waals surface area contributed by atoms with Gasteiger partial charge in [-0.15, -0.1) is 11.3 Å². The van der Waals surface area contributed by atoms with E-state index in [4.69, 9.17) is 15.2 Å². The monoisotopic (exact) mass is 326 g/mol. The van der Waals surface area contributed by atoms with E-state index in [1.165, 1.54) is 0 Å². The van der Waals surface area contributed by atoms with Crippen molar-refractivity contribution in [3.8, 4) is 22.8 Å². The number of hydrogen-bond donors (Lipinski definition) is 1. The van der Waals surface area contributed by atoms with Crippen LogP contribution < -0.4 is 15.2 Å². The number of nitrogens with zero attached hydrogens (tertiary/aromatic N) is 1. The van der Waals surface area contributed by atoms with Crippen LogP contribution in [-0.2, 0) is 6.42 Å². The van der Waals surface area contributed by atoms with Gasteiger partial charge in [0.25, 0.3) is 0 Å². The van der Waals surface area contributed by atoms with Crippen molar-refractivity contribution in [2.75, 3.05) is 19.5 Å².